The molecule has 1 aliphatic heterocycles. The molecule has 0 aromatic carbocycles. The van der Waals surface area contributed by atoms with Gasteiger partial charge in [0.1, 0.15) is 0 Å². The van der Waals surface area contributed by atoms with E-state index in [1.807, 2.05) is 26.8 Å². The van der Waals surface area contributed by atoms with Crippen molar-refractivity contribution in [2.45, 2.75) is 65.0 Å². The van der Waals surface area contributed by atoms with Crippen molar-refractivity contribution in [3.8, 4) is 0 Å². The lowest BCUT2D eigenvalue weighted by Gasteiger charge is -2.17. The monoisotopic (exact) mass is 326 g/mol. The zero-order chi connectivity index (χ0) is 17.3. The molecule has 1 aliphatic rings. The predicted molar refractivity (Wildman–Crippen MR) is 89.1 cm³/mol. The normalized spacial score (nSPS) is 21.9. The molecule has 0 aromatic rings. The zero-order valence-corrected chi connectivity index (χ0v) is 14.8. The van der Waals surface area contributed by atoms with Gasteiger partial charge >= 0.3 is 5.97 Å². The van der Waals surface area contributed by atoms with Gasteiger partial charge in [-0.1, -0.05) is 17.7 Å². The Labute approximate surface area is 139 Å². The first-order valence-corrected chi connectivity index (χ1v) is 8.21. The predicted octanol–water partition coefficient (Wildman–Crippen LogP) is 3.39. The summed E-state index contributed by atoms with van der Waals surface area (Å²) in [6.07, 6.45) is 5.37. The van der Waals surface area contributed by atoms with E-state index in [1.165, 1.54) is 5.57 Å². The smallest absolute Gasteiger partial charge is 0.308 e. The van der Waals surface area contributed by atoms with E-state index in [-0.39, 0.29) is 24.6 Å². The Kier molecular flexibility index (Phi) is 8.52. The summed E-state index contributed by atoms with van der Waals surface area (Å²) in [7, 11) is 0. The fraction of sp³-hybridized carbons (Fsp3) is 0.722. The van der Waals surface area contributed by atoms with Crippen LogP contribution in [0.5, 0.6) is 0 Å². The topological polar surface area (TPSA) is 54.0 Å². The van der Waals surface area contributed by atoms with E-state index >= 15 is 0 Å². The molecule has 1 heterocycles. The standard InChI is InChI=1S/C18H30O5/c1-6-8-15(12-17(19)20-7-2)21-10-9-14(3)11-16-13-22-18(4,5)23-16/h6,9,15-16H,1,7-8,10-13H2,2-5H3/b14-9+/t15-,16-/m0/s1. The van der Waals surface area contributed by atoms with Crippen LogP contribution in [0.3, 0.4) is 0 Å². The van der Waals surface area contributed by atoms with E-state index in [4.69, 9.17) is 18.9 Å². The molecule has 0 spiro atoms. The third-order valence-electron chi connectivity index (χ3n) is 3.51. The van der Waals surface area contributed by atoms with Crippen LogP contribution in [-0.2, 0) is 23.7 Å². The number of hydrogen-bond donors (Lipinski definition) is 0. The third-order valence-corrected chi connectivity index (χ3v) is 3.51. The molecule has 5 nitrogen and oxygen atoms in total. The van der Waals surface area contributed by atoms with Crippen molar-refractivity contribution >= 4 is 5.97 Å². The van der Waals surface area contributed by atoms with Gasteiger partial charge in [-0.05, 0) is 40.5 Å². The lowest BCUT2D eigenvalue weighted by molar-refractivity contribution is -0.146. The van der Waals surface area contributed by atoms with Crippen molar-refractivity contribution in [2.24, 2.45) is 0 Å². The highest BCUT2D eigenvalue weighted by Crippen LogP contribution is 2.25. The first-order valence-electron chi connectivity index (χ1n) is 8.21. The van der Waals surface area contributed by atoms with E-state index in [1.54, 1.807) is 13.0 Å². The molecule has 0 amide bonds. The molecule has 1 saturated heterocycles. The molecule has 1 rings (SSSR count). The molecule has 0 saturated carbocycles. The first kappa shape index (κ1) is 19.9. The summed E-state index contributed by atoms with van der Waals surface area (Å²) in [5.41, 5.74) is 1.18. The largest absolute Gasteiger partial charge is 0.466 e. The number of esters is 1. The fourth-order valence-corrected chi connectivity index (χ4v) is 2.43. The summed E-state index contributed by atoms with van der Waals surface area (Å²) in [4.78, 5) is 11.5. The van der Waals surface area contributed by atoms with Gasteiger partial charge in [0.2, 0.25) is 0 Å². The van der Waals surface area contributed by atoms with Gasteiger partial charge in [-0.25, -0.2) is 0 Å². The molecule has 1 fully saturated rings. The number of carbonyl (C=O) groups is 1. The molecule has 2 atom stereocenters. The second-order valence-corrected chi connectivity index (χ2v) is 6.19. The van der Waals surface area contributed by atoms with Crippen LogP contribution in [0.25, 0.3) is 0 Å². The van der Waals surface area contributed by atoms with Gasteiger partial charge in [-0.2, -0.15) is 0 Å². The van der Waals surface area contributed by atoms with Crippen LogP contribution in [0.1, 0.15) is 47.0 Å². The van der Waals surface area contributed by atoms with Crippen LogP contribution in [0.4, 0.5) is 0 Å². The Morgan fingerprint density at radius 1 is 1.48 bits per heavy atom. The van der Waals surface area contributed by atoms with Crippen molar-refractivity contribution in [3.05, 3.63) is 24.3 Å². The lowest BCUT2D eigenvalue weighted by Crippen LogP contribution is -2.21. The number of ether oxygens (including phenoxy) is 4. The maximum atomic E-state index is 11.5. The Morgan fingerprint density at radius 3 is 2.78 bits per heavy atom. The van der Waals surface area contributed by atoms with E-state index in [9.17, 15) is 4.79 Å². The van der Waals surface area contributed by atoms with Gasteiger partial charge in [-0.15, -0.1) is 6.58 Å². The number of hydrogen-bond acceptors (Lipinski definition) is 5. The van der Waals surface area contributed by atoms with Crippen LogP contribution >= 0.6 is 0 Å². The Balaban J connectivity index is 2.35. The van der Waals surface area contributed by atoms with Crippen LogP contribution in [-0.4, -0.2) is 43.8 Å². The average molecular weight is 326 g/mol. The van der Waals surface area contributed by atoms with Crippen LogP contribution < -0.4 is 0 Å². The summed E-state index contributed by atoms with van der Waals surface area (Å²) < 4.78 is 22.0. The van der Waals surface area contributed by atoms with Gasteiger partial charge in [0, 0.05) is 0 Å². The minimum atomic E-state index is -0.490. The average Bonchev–Trinajstić information content (AvgIpc) is 2.78. The molecular formula is C18H30O5. The lowest BCUT2D eigenvalue weighted by atomic mass is 10.1. The zero-order valence-electron chi connectivity index (χ0n) is 14.8. The van der Waals surface area contributed by atoms with Gasteiger partial charge < -0.3 is 18.9 Å². The fourth-order valence-electron chi connectivity index (χ4n) is 2.43. The molecule has 5 heteroatoms. The summed E-state index contributed by atoms with van der Waals surface area (Å²) in [5.74, 6) is -0.727. The Morgan fingerprint density at radius 2 is 2.22 bits per heavy atom. The number of carbonyl (C=O) groups excluding carboxylic acids is 1. The van der Waals surface area contributed by atoms with E-state index in [2.05, 4.69) is 6.58 Å². The minimum absolute atomic E-state index is 0.0877. The first-order chi connectivity index (χ1) is 10.9. The van der Waals surface area contributed by atoms with Crippen LogP contribution in [0, 0.1) is 0 Å². The van der Waals surface area contributed by atoms with E-state index in [0.29, 0.717) is 26.2 Å². The summed E-state index contributed by atoms with van der Waals surface area (Å²) in [5, 5.41) is 0. The molecule has 0 unspecified atom stereocenters. The second kappa shape index (κ2) is 9.85. The summed E-state index contributed by atoms with van der Waals surface area (Å²) >= 11 is 0. The van der Waals surface area contributed by atoms with Gasteiger partial charge in [0.25, 0.3) is 0 Å². The second-order valence-electron chi connectivity index (χ2n) is 6.19. The third kappa shape index (κ3) is 8.30. The van der Waals surface area contributed by atoms with Crippen LogP contribution in [0.2, 0.25) is 0 Å². The highest BCUT2D eigenvalue weighted by molar-refractivity contribution is 5.69. The van der Waals surface area contributed by atoms with Gasteiger partial charge in [-0.3, -0.25) is 4.79 Å². The molecule has 0 aliphatic carbocycles. The highest BCUT2D eigenvalue weighted by Gasteiger charge is 2.32. The Hall–Kier alpha value is -1.17. The van der Waals surface area contributed by atoms with Gasteiger partial charge in [0.15, 0.2) is 5.79 Å². The molecule has 0 aromatic heterocycles. The number of rotatable bonds is 10. The van der Waals surface area contributed by atoms with Crippen LogP contribution in [0.15, 0.2) is 24.3 Å². The molecule has 23 heavy (non-hydrogen) atoms. The maximum absolute atomic E-state index is 11.5. The summed E-state index contributed by atoms with van der Waals surface area (Å²) in [6, 6.07) is 0. The van der Waals surface area contributed by atoms with Crippen molar-refractivity contribution in [2.75, 3.05) is 19.8 Å². The van der Waals surface area contributed by atoms with Crippen molar-refractivity contribution in [1.29, 1.82) is 0 Å². The minimum Gasteiger partial charge on any atom is -0.466 e. The van der Waals surface area contributed by atoms with Crippen molar-refractivity contribution in [1.82, 2.24) is 0 Å². The maximum Gasteiger partial charge on any atom is 0.308 e. The molecule has 0 bridgehead atoms. The molecule has 0 radical (unpaired) electrons. The summed E-state index contributed by atoms with van der Waals surface area (Å²) in [6.45, 7) is 12.8. The van der Waals surface area contributed by atoms with Crippen molar-refractivity contribution in [3.63, 3.8) is 0 Å². The van der Waals surface area contributed by atoms with E-state index < -0.39 is 5.79 Å². The van der Waals surface area contributed by atoms with E-state index in [0.717, 1.165) is 6.42 Å². The van der Waals surface area contributed by atoms with Crippen molar-refractivity contribution < 1.29 is 23.7 Å². The highest BCUT2D eigenvalue weighted by atomic mass is 16.7. The Bertz CT molecular complexity index is 414. The molecule has 0 N–H and O–H groups in total. The van der Waals surface area contributed by atoms with Gasteiger partial charge in [0.05, 0.1) is 38.4 Å². The quantitative estimate of drug-likeness (QED) is 0.455. The SMILES string of the molecule is C=CC[C@@H](CC(=O)OCC)OC/C=C(\C)C[C@H]1COC(C)(C)O1. The molecular weight excluding hydrogens is 296 g/mol. The molecule has 132 valence electrons.